The molecule has 0 N–H and O–H groups in total. The second-order valence-electron chi connectivity index (χ2n) is 8.82. The lowest BCUT2D eigenvalue weighted by atomic mass is 9.74. The lowest BCUT2D eigenvalue weighted by Crippen LogP contribution is -2.52. The number of hydrogen-bond acceptors (Lipinski definition) is 4. The second-order valence-corrected chi connectivity index (χ2v) is 8.82. The maximum absolute atomic E-state index is 14.1. The molecule has 3 aliphatic heterocycles. The van der Waals surface area contributed by atoms with Gasteiger partial charge in [0.25, 0.3) is 0 Å². The summed E-state index contributed by atoms with van der Waals surface area (Å²) >= 11 is 0. The van der Waals surface area contributed by atoms with Crippen LogP contribution in [-0.4, -0.2) is 67.8 Å². The van der Waals surface area contributed by atoms with Crippen molar-refractivity contribution in [2.75, 3.05) is 50.8 Å². The van der Waals surface area contributed by atoms with Gasteiger partial charge in [0.15, 0.2) is 0 Å². The third kappa shape index (κ3) is 3.96. The number of hydrogen-bond donors (Lipinski definition) is 0. The number of nitrogens with zero attached hydrogens (tertiary/aromatic N) is 3. The van der Waals surface area contributed by atoms with Crippen LogP contribution in [0.25, 0.3) is 0 Å². The van der Waals surface area contributed by atoms with E-state index in [4.69, 9.17) is 4.74 Å². The Morgan fingerprint density at radius 2 is 1.90 bits per heavy atom. The quantitative estimate of drug-likeness (QED) is 0.761. The summed E-state index contributed by atoms with van der Waals surface area (Å²) in [7, 11) is 0. The average Bonchev–Trinajstić information content (AvgIpc) is 3.01. The van der Waals surface area contributed by atoms with Crippen LogP contribution in [-0.2, 0) is 10.2 Å². The molecule has 3 heterocycles. The van der Waals surface area contributed by atoms with Crippen LogP contribution in [0.4, 0.5) is 14.9 Å². The fraction of sp³-hybridized carbons (Fsp3) is 0.696. The molecule has 3 aliphatic rings. The predicted molar refractivity (Wildman–Crippen MR) is 113 cm³/mol. The van der Waals surface area contributed by atoms with Crippen LogP contribution < -0.4 is 4.90 Å². The van der Waals surface area contributed by atoms with E-state index < -0.39 is 0 Å². The van der Waals surface area contributed by atoms with E-state index in [0.29, 0.717) is 12.6 Å². The molecule has 2 saturated heterocycles. The summed E-state index contributed by atoms with van der Waals surface area (Å²) in [5.41, 5.74) is 2.56. The Balaban J connectivity index is 1.39. The number of rotatable bonds is 4. The minimum absolute atomic E-state index is 0.0920. The van der Waals surface area contributed by atoms with Gasteiger partial charge in [0.2, 0.25) is 0 Å². The molecule has 0 aliphatic carbocycles. The number of halogens is 1. The van der Waals surface area contributed by atoms with Crippen LogP contribution in [0.2, 0.25) is 0 Å². The molecule has 29 heavy (non-hydrogen) atoms. The highest BCUT2D eigenvalue weighted by Gasteiger charge is 2.45. The van der Waals surface area contributed by atoms with Crippen molar-refractivity contribution in [2.24, 2.45) is 0 Å². The van der Waals surface area contributed by atoms with Crippen molar-refractivity contribution in [2.45, 2.75) is 57.4 Å². The van der Waals surface area contributed by atoms with Gasteiger partial charge in [-0.05, 0) is 75.9 Å². The molecule has 0 aromatic heterocycles. The monoisotopic (exact) mass is 403 g/mol. The van der Waals surface area contributed by atoms with E-state index in [0.717, 1.165) is 71.4 Å². The van der Waals surface area contributed by atoms with E-state index in [1.807, 2.05) is 17.9 Å². The normalized spacial score (nSPS) is 22.2. The van der Waals surface area contributed by atoms with Gasteiger partial charge in [-0.2, -0.15) is 0 Å². The molecule has 4 rings (SSSR count). The first-order valence-electron chi connectivity index (χ1n) is 11.3. The summed E-state index contributed by atoms with van der Waals surface area (Å²) < 4.78 is 19.2. The summed E-state index contributed by atoms with van der Waals surface area (Å²) in [5, 5.41) is 0. The molecule has 160 valence electrons. The van der Waals surface area contributed by atoms with Gasteiger partial charge < -0.3 is 19.4 Å². The smallest absolute Gasteiger partial charge is 0.409 e. The van der Waals surface area contributed by atoms with Gasteiger partial charge >= 0.3 is 6.09 Å². The van der Waals surface area contributed by atoms with Gasteiger partial charge in [-0.3, -0.25) is 0 Å². The first-order chi connectivity index (χ1) is 14.1. The Bertz CT molecular complexity index is 725. The number of likely N-dealkylation sites (tertiary alicyclic amines) is 2. The summed E-state index contributed by atoms with van der Waals surface area (Å²) in [6.45, 7) is 10.2. The van der Waals surface area contributed by atoms with Gasteiger partial charge in [-0.15, -0.1) is 0 Å². The van der Waals surface area contributed by atoms with Gasteiger partial charge in [0.1, 0.15) is 5.82 Å². The summed E-state index contributed by atoms with van der Waals surface area (Å²) in [5.74, 6) is -0.116. The zero-order valence-corrected chi connectivity index (χ0v) is 17.8. The number of piperidine rings is 2. The molecule has 2 fully saturated rings. The first kappa shape index (κ1) is 20.5. The molecule has 5 nitrogen and oxygen atoms in total. The third-order valence-corrected chi connectivity index (χ3v) is 7.12. The molecule has 6 heteroatoms. The van der Waals surface area contributed by atoms with Crippen molar-refractivity contribution >= 4 is 11.8 Å². The molecular weight excluding hydrogens is 369 g/mol. The van der Waals surface area contributed by atoms with Crippen LogP contribution in [0.5, 0.6) is 0 Å². The highest BCUT2D eigenvalue weighted by Crippen LogP contribution is 2.47. The van der Waals surface area contributed by atoms with Crippen LogP contribution in [0.3, 0.4) is 0 Å². The topological polar surface area (TPSA) is 36.0 Å². The van der Waals surface area contributed by atoms with Gasteiger partial charge in [-0.25, -0.2) is 9.18 Å². The third-order valence-electron chi connectivity index (χ3n) is 7.12. The lowest BCUT2D eigenvalue weighted by molar-refractivity contribution is 0.0579. The fourth-order valence-corrected chi connectivity index (χ4v) is 5.59. The number of anilines is 1. The molecular formula is C23H34FN3O2. The van der Waals surface area contributed by atoms with Crippen molar-refractivity contribution in [1.82, 2.24) is 9.80 Å². The maximum Gasteiger partial charge on any atom is 0.409 e. The van der Waals surface area contributed by atoms with Crippen LogP contribution in [0.15, 0.2) is 18.2 Å². The number of carbonyl (C=O) groups excluding carboxylic acids is 1. The molecule has 0 radical (unpaired) electrons. The number of carbonyl (C=O) groups is 1. The van der Waals surface area contributed by atoms with E-state index in [2.05, 4.69) is 16.7 Å². The fourth-order valence-electron chi connectivity index (χ4n) is 5.59. The molecule has 0 saturated carbocycles. The van der Waals surface area contributed by atoms with Gasteiger partial charge in [-0.1, -0.05) is 6.92 Å². The molecule has 0 bridgehead atoms. The van der Waals surface area contributed by atoms with E-state index >= 15 is 0 Å². The number of ether oxygens (including phenoxy) is 1. The van der Waals surface area contributed by atoms with Crippen molar-refractivity contribution in [3.63, 3.8) is 0 Å². The highest BCUT2D eigenvalue weighted by atomic mass is 19.1. The summed E-state index contributed by atoms with van der Waals surface area (Å²) in [6.07, 6.45) is 5.13. The largest absolute Gasteiger partial charge is 0.450 e. The molecule has 1 spiro atoms. The van der Waals surface area contributed by atoms with Crippen molar-refractivity contribution < 1.29 is 13.9 Å². The SMILES string of the molecule is CCCN1CC2(CCN(C3CCN(C(=O)OCC)CC3)CC2)c2cc(F)ccc21. The highest BCUT2D eigenvalue weighted by molar-refractivity contribution is 5.67. The van der Waals surface area contributed by atoms with Crippen LogP contribution in [0, 0.1) is 5.82 Å². The Labute approximate surface area is 173 Å². The van der Waals surface area contributed by atoms with Gasteiger partial charge in [0, 0.05) is 43.3 Å². The Morgan fingerprint density at radius 3 is 2.55 bits per heavy atom. The number of benzene rings is 1. The van der Waals surface area contributed by atoms with Crippen molar-refractivity contribution in [3.05, 3.63) is 29.6 Å². The Hall–Kier alpha value is -1.82. The zero-order valence-electron chi connectivity index (χ0n) is 17.8. The molecule has 1 aromatic carbocycles. The molecule has 0 atom stereocenters. The minimum atomic E-state index is -0.177. The van der Waals surface area contributed by atoms with E-state index in [9.17, 15) is 9.18 Å². The second kappa shape index (κ2) is 8.50. The average molecular weight is 404 g/mol. The van der Waals surface area contributed by atoms with E-state index in [1.54, 1.807) is 12.1 Å². The van der Waals surface area contributed by atoms with Crippen molar-refractivity contribution in [1.29, 1.82) is 0 Å². The van der Waals surface area contributed by atoms with Gasteiger partial charge in [0.05, 0.1) is 6.61 Å². The molecule has 0 unspecified atom stereocenters. The predicted octanol–water partition coefficient (Wildman–Crippen LogP) is 4.01. The summed E-state index contributed by atoms with van der Waals surface area (Å²) in [6, 6.07) is 5.91. The first-order valence-corrected chi connectivity index (χ1v) is 11.3. The molecule has 1 aromatic rings. The maximum atomic E-state index is 14.1. The summed E-state index contributed by atoms with van der Waals surface area (Å²) in [4.78, 5) is 18.8. The lowest BCUT2D eigenvalue weighted by Gasteiger charge is -2.45. The van der Waals surface area contributed by atoms with E-state index in [-0.39, 0.29) is 17.3 Å². The Kier molecular flexibility index (Phi) is 6.00. The number of amides is 1. The number of fused-ring (bicyclic) bond motifs is 2. The standard InChI is InChI=1S/C23H34FN3O2/c1-3-11-27-17-23(20-16-18(24)5-6-21(20)27)9-14-25(15-10-23)19-7-12-26(13-8-19)22(28)29-4-2/h5-6,16,19H,3-4,7-15,17H2,1-2H3. The molecule has 1 amide bonds. The van der Waals surface area contributed by atoms with Crippen LogP contribution in [0.1, 0.15) is 51.5 Å². The minimum Gasteiger partial charge on any atom is -0.450 e. The van der Waals surface area contributed by atoms with Crippen molar-refractivity contribution in [3.8, 4) is 0 Å². The zero-order chi connectivity index (χ0) is 20.4. The van der Waals surface area contributed by atoms with Crippen LogP contribution >= 0.6 is 0 Å². The van der Waals surface area contributed by atoms with E-state index in [1.165, 1.54) is 11.3 Å². The Morgan fingerprint density at radius 1 is 1.17 bits per heavy atom.